The summed E-state index contributed by atoms with van der Waals surface area (Å²) in [6, 6.07) is 6.02. The summed E-state index contributed by atoms with van der Waals surface area (Å²) in [5.74, 6) is 1.39. The van der Waals surface area contributed by atoms with E-state index in [9.17, 15) is 8.42 Å². The third kappa shape index (κ3) is 3.48. The Morgan fingerprint density at radius 1 is 1.42 bits per heavy atom. The van der Waals surface area contributed by atoms with E-state index in [1.54, 1.807) is 7.11 Å². The van der Waals surface area contributed by atoms with Crippen LogP contribution in [0.25, 0.3) is 0 Å². The number of aryl methyl sites for hydroxylation is 1. The van der Waals surface area contributed by atoms with Gasteiger partial charge in [0.1, 0.15) is 5.75 Å². The van der Waals surface area contributed by atoms with Gasteiger partial charge in [-0.2, -0.15) is 0 Å². The van der Waals surface area contributed by atoms with Crippen LogP contribution < -0.4 is 10.1 Å². The molecule has 5 heteroatoms. The Morgan fingerprint density at radius 2 is 2.16 bits per heavy atom. The molecule has 4 nitrogen and oxygen atoms in total. The molecule has 1 heterocycles. The van der Waals surface area contributed by atoms with Crippen molar-refractivity contribution in [1.29, 1.82) is 0 Å². The van der Waals surface area contributed by atoms with Crippen molar-refractivity contribution in [1.82, 2.24) is 5.32 Å². The highest BCUT2D eigenvalue weighted by Gasteiger charge is 2.37. The number of sulfone groups is 1. The lowest BCUT2D eigenvalue weighted by Gasteiger charge is -2.24. The van der Waals surface area contributed by atoms with Gasteiger partial charge in [-0.25, -0.2) is 8.42 Å². The van der Waals surface area contributed by atoms with Gasteiger partial charge in [-0.1, -0.05) is 12.1 Å². The van der Waals surface area contributed by atoms with E-state index in [1.165, 1.54) is 0 Å². The predicted molar refractivity (Wildman–Crippen MR) is 76.2 cm³/mol. The third-order valence-corrected chi connectivity index (χ3v) is 5.58. The van der Waals surface area contributed by atoms with Crippen LogP contribution in [0.1, 0.15) is 24.5 Å². The number of methoxy groups -OCH3 is 1. The van der Waals surface area contributed by atoms with Crippen LogP contribution in [0.4, 0.5) is 0 Å². The summed E-state index contributed by atoms with van der Waals surface area (Å²) in [7, 11) is -1.20. The van der Waals surface area contributed by atoms with E-state index in [0.29, 0.717) is 13.0 Å². The van der Waals surface area contributed by atoms with E-state index in [0.717, 1.165) is 16.9 Å². The molecule has 0 spiro atoms. The van der Waals surface area contributed by atoms with Crippen molar-refractivity contribution in [2.75, 3.05) is 18.6 Å². The van der Waals surface area contributed by atoms with E-state index >= 15 is 0 Å². The third-order valence-electron chi connectivity index (χ3n) is 3.68. The summed E-state index contributed by atoms with van der Waals surface area (Å²) in [4.78, 5) is 0. The molecule has 1 aliphatic heterocycles. The minimum absolute atomic E-state index is 0.231. The average molecular weight is 283 g/mol. The second kappa shape index (κ2) is 5.13. The van der Waals surface area contributed by atoms with Gasteiger partial charge in [0.05, 0.1) is 18.6 Å². The Kier molecular flexibility index (Phi) is 3.87. The minimum atomic E-state index is -2.86. The summed E-state index contributed by atoms with van der Waals surface area (Å²) in [6.45, 7) is 4.66. The molecule has 1 atom stereocenters. The normalized spacial score (nSPS) is 25.4. The van der Waals surface area contributed by atoms with E-state index in [2.05, 4.69) is 11.4 Å². The molecule has 1 saturated heterocycles. The first-order valence-electron chi connectivity index (χ1n) is 6.43. The standard InChI is InChI=1S/C14H21NO3S/c1-11-8-12(4-5-13(11)18-3)9-15-14(2)6-7-19(16,17)10-14/h4-5,8,15H,6-7,9-10H2,1-3H3. The van der Waals surface area contributed by atoms with Crippen molar-refractivity contribution >= 4 is 9.84 Å². The smallest absolute Gasteiger partial charge is 0.152 e. The lowest BCUT2D eigenvalue weighted by molar-refractivity contribution is 0.394. The number of rotatable bonds is 4. The fraction of sp³-hybridized carbons (Fsp3) is 0.571. The molecule has 1 aromatic carbocycles. The van der Waals surface area contributed by atoms with Gasteiger partial charge in [-0.05, 0) is 37.5 Å². The Morgan fingerprint density at radius 3 is 2.68 bits per heavy atom. The Hall–Kier alpha value is -1.07. The summed E-state index contributed by atoms with van der Waals surface area (Å²) >= 11 is 0. The second-order valence-corrected chi connectivity index (χ2v) is 7.74. The van der Waals surface area contributed by atoms with Crippen LogP contribution in [0.15, 0.2) is 18.2 Å². The molecular weight excluding hydrogens is 262 g/mol. The molecule has 1 N–H and O–H groups in total. The van der Waals surface area contributed by atoms with Crippen LogP contribution in [-0.2, 0) is 16.4 Å². The molecule has 0 saturated carbocycles. The van der Waals surface area contributed by atoms with Crippen molar-refractivity contribution in [3.63, 3.8) is 0 Å². The maximum Gasteiger partial charge on any atom is 0.152 e. The van der Waals surface area contributed by atoms with Gasteiger partial charge in [-0.3, -0.25) is 0 Å². The quantitative estimate of drug-likeness (QED) is 0.913. The lowest BCUT2D eigenvalue weighted by Crippen LogP contribution is -2.42. The molecule has 0 radical (unpaired) electrons. The molecule has 19 heavy (non-hydrogen) atoms. The highest BCUT2D eigenvalue weighted by molar-refractivity contribution is 7.91. The minimum Gasteiger partial charge on any atom is -0.496 e. The molecular formula is C14H21NO3S. The van der Waals surface area contributed by atoms with Gasteiger partial charge in [0.15, 0.2) is 9.84 Å². The van der Waals surface area contributed by atoms with Gasteiger partial charge in [0.25, 0.3) is 0 Å². The molecule has 1 aromatic rings. The van der Waals surface area contributed by atoms with Gasteiger partial charge in [0.2, 0.25) is 0 Å². The van der Waals surface area contributed by atoms with Gasteiger partial charge < -0.3 is 10.1 Å². The van der Waals surface area contributed by atoms with Crippen LogP contribution >= 0.6 is 0 Å². The first-order valence-corrected chi connectivity index (χ1v) is 8.25. The van der Waals surface area contributed by atoms with Crippen LogP contribution in [0.3, 0.4) is 0 Å². The molecule has 1 unspecified atom stereocenters. The van der Waals surface area contributed by atoms with E-state index in [-0.39, 0.29) is 17.0 Å². The van der Waals surface area contributed by atoms with Gasteiger partial charge >= 0.3 is 0 Å². The van der Waals surface area contributed by atoms with Crippen LogP contribution in [0, 0.1) is 6.92 Å². The van der Waals surface area contributed by atoms with Crippen molar-refractivity contribution < 1.29 is 13.2 Å². The number of nitrogens with one attached hydrogen (secondary N) is 1. The second-order valence-electron chi connectivity index (χ2n) is 5.56. The molecule has 1 fully saturated rings. The molecule has 0 aromatic heterocycles. The van der Waals surface area contributed by atoms with Crippen LogP contribution in [0.2, 0.25) is 0 Å². The van der Waals surface area contributed by atoms with E-state index in [4.69, 9.17) is 4.74 Å². The summed E-state index contributed by atoms with van der Waals surface area (Å²) < 4.78 is 28.3. The number of benzene rings is 1. The maximum absolute atomic E-state index is 11.5. The predicted octanol–water partition coefficient (Wildman–Crippen LogP) is 1.67. The SMILES string of the molecule is COc1ccc(CNC2(C)CCS(=O)(=O)C2)cc1C. The molecule has 0 amide bonds. The van der Waals surface area contributed by atoms with Gasteiger partial charge in [0, 0.05) is 12.1 Å². The van der Waals surface area contributed by atoms with Crippen molar-refractivity contribution in [3.8, 4) is 5.75 Å². The lowest BCUT2D eigenvalue weighted by atomic mass is 10.0. The largest absolute Gasteiger partial charge is 0.496 e. The zero-order valence-corrected chi connectivity index (χ0v) is 12.5. The molecule has 2 rings (SSSR count). The zero-order valence-electron chi connectivity index (χ0n) is 11.7. The maximum atomic E-state index is 11.5. The zero-order chi connectivity index (χ0) is 14.1. The fourth-order valence-electron chi connectivity index (χ4n) is 2.52. The monoisotopic (exact) mass is 283 g/mol. The first kappa shape index (κ1) is 14.3. The topological polar surface area (TPSA) is 55.4 Å². The summed E-state index contributed by atoms with van der Waals surface area (Å²) in [5.41, 5.74) is 1.93. The van der Waals surface area contributed by atoms with Crippen molar-refractivity contribution in [2.24, 2.45) is 0 Å². The Bertz CT molecular complexity index is 568. The van der Waals surface area contributed by atoms with E-state index < -0.39 is 9.84 Å². The number of hydrogen-bond donors (Lipinski definition) is 1. The molecule has 106 valence electrons. The first-order chi connectivity index (χ1) is 8.84. The van der Waals surface area contributed by atoms with E-state index in [1.807, 2.05) is 26.0 Å². The Labute approximate surface area is 115 Å². The number of ether oxygens (including phenoxy) is 1. The average Bonchev–Trinajstić information content (AvgIpc) is 2.62. The van der Waals surface area contributed by atoms with Crippen LogP contribution in [0.5, 0.6) is 5.75 Å². The van der Waals surface area contributed by atoms with Crippen molar-refractivity contribution in [2.45, 2.75) is 32.4 Å². The summed E-state index contributed by atoms with van der Waals surface area (Å²) in [6.07, 6.45) is 0.685. The Balaban J connectivity index is 2.01. The van der Waals surface area contributed by atoms with Crippen molar-refractivity contribution in [3.05, 3.63) is 29.3 Å². The molecule has 0 aliphatic carbocycles. The molecule has 1 aliphatic rings. The highest BCUT2D eigenvalue weighted by atomic mass is 32.2. The molecule has 0 bridgehead atoms. The van der Waals surface area contributed by atoms with Gasteiger partial charge in [-0.15, -0.1) is 0 Å². The fourth-order valence-corrected chi connectivity index (χ4v) is 4.64. The number of hydrogen-bond acceptors (Lipinski definition) is 4. The summed E-state index contributed by atoms with van der Waals surface area (Å²) in [5, 5.41) is 3.37. The van der Waals surface area contributed by atoms with Crippen LogP contribution in [-0.4, -0.2) is 32.6 Å². The highest BCUT2D eigenvalue weighted by Crippen LogP contribution is 2.24.